The lowest BCUT2D eigenvalue weighted by Gasteiger charge is -2.33. The van der Waals surface area contributed by atoms with Crippen molar-refractivity contribution in [3.63, 3.8) is 0 Å². The van der Waals surface area contributed by atoms with E-state index in [2.05, 4.69) is 15.9 Å². The van der Waals surface area contributed by atoms with Crippen LogP contribution in [-0.4, -0.2) is 19.4 Å². The summed E-state index contributed by atoms with van der Waals surface area (Å²) in [7, 11) is 0. The third-order valence-electron chi connectivity index (χ3n) is 2.40. The van der Waals surface area contributed by atoms with Crippen molar-refractivity contribution >= 4 is 85.5 Å². The molecule has 1 saturated carbocycles. The second-order valence-corrected chi connectivity index (χ2v) is 6.73. The van der Waals surface area contributed by atoms with Crippen LogP contribution in [0.25, 0.3) is 0 Å². The van der Waals surface area contributed by atoms with E-state index in [4.69, 9.17) is 76.5 Å². The molecule has 3 atom stereocenters. The predicted octanol–water partition coefficient (Wildman–Crippen LogP) is 5.23. The van der Waals surface area contributed by atoms with Gasteiger partial charge in [-0.1, -0.05) is 62.3 Å². The fourth-order valence-corrected chi connectivity index (χ4v) is 4.44. The highest BCUT2D eigenvalue weighted by Gasteiger charge is 2.77. The van der Waals surface area contributed by atoms with Gasteiger partial charge in [0.15, 0.2) is 4.33 Å². The molecule has 0 aromatic carbocycles. The molecule has 0 aromatic rings. The van der Waals surface area contributed by atoms with E-state index in [1.54, 1.807) is 0 Å². The van der Waals surface area contributed by atoms with Crippen molar-refractivity contribution in [1.29, 1.82) is 0 Å². The van der Waals surface area contributed by atoms with Crippen LogP contribution in [-0.2, 0) is 0 Å². The first-order chi connectivity index (χ1) is 8.57. The molecule has 15 heavy (non-hydrogen) atoms. The molecule has 0 unspecified atom stereocenters. The third kappa shape index (κ3) is 1.30. The number of allylic oxidation sites excluding steroid dienone is 2. The van der Waals surface area contributed by atoms with Crippen molar-refractivity contribution < 1.29 is 6.85 Å². The summed E-state index contributed by atoms with van der Waals surface area (Å²) in [5, 5.41) is -3.51. The van der Waals surface area contributed by atoms with E-state index in [1.165, 1.54) is 0 Å². The van der Waals surface area contributed by atoms with Crippen molar-refractivity contribution in [3.05, 3.63) is 10.1 Å². The van der Waals surface area contributed by atoms with Gasteiger partial charge in [0.1, 0.15) is 9.75 Å². The van der Waals surface area contributed by atoms with Crippen LogP contribution < -0.4 is 0 Å². The van der Waals surface area contributed by atoms with Gasteiger partial charge in [0.2, 0.25) is 0 Å². The Kier molecular flexibility index (Phi) is 2.04. The molecule has 0 amide bonds. The minimum absolute atomic E-state index is 0.426. The number of fused-ring (bicyclic) bond motifs is 2. The minimum atomic E-state index is -2.82. The first-order valence-electron chi connectivity index (χ1n) is 6.07. The van der Waals surface area contributed by atoms with Crippen molar-refractivity contribution in [2.75, 3.05) is 5.28 Å². The lowest BCUT2D eigenvalue weighted by atomic mass is 9.94. The van der Waals surface area contributed by atoms with E-state index in [9.17, 15) is 0 Å². The van der Waals surface area contributed by atoms with E-state index in [0.717, 1.165) is 0 Å². The Morgan fingerprint density at radius 3 is 2.33 bits per heavy atom. The zero-order valence-electron chi connectivity index (χ0n) is 11.6. The highest BCUT2D eigenvalue weighted by molar-refractivity contribution is 9.09. The molecule has 0 aromatic heterocycles. The van der Waals surface area contributed by atoms with Crippen molar-refractivity contribution in [1.82, 2.24) is 0 Å². The van der Waals surface area contributed by atoms with E-state index < -0.39 is 41.7 Å². The Hall–Kier alpha value is 1.96. The van der Waals surface area contributed by atoms with Crippen LogP contribution in [0.1, 0.15) is 13.2 Å². The Balaban J connectivity index is 2.99. The van der Waals surface area contributed by atoms with Gasteiger partial charge in [0.05, 0.1) is 10.1 Å². The van der Waals surface area contributed by atoms with Gasteiger partial charge in [0, 0.05) is 12.1 Å². The zero-order chi connectivity index (χ0) is 16.2. The van der Waals surface area contributed by atoms with E-state index >= 15 is 0 Å². The van der Waals surface area contributed by atoms with Crippen LogP contribution in [0.15, 0.2) is 10.1 Å². The third-order valence-corrected chi connectivity index (χ3v) is 6.78. The van der Waals surface area contributed by atoms with Gasteiger partial charge in [-0.05, 0) is 12.3 Å². The number of alkyl halides is 5. The predicted molar refractivity (Wildman–Crippen MR) is 72.2 cm³/mol. The summed E-state index contributed by atoms with van der Waals surface area (Å²) in [6, 6.07) is 0. The summed E-state index contributed by atoms with van der Waals surface area (Å²) < 4.78 is 37.8. The zero-order valence-corrected chi connectivity index (χ0v) is 12.8. The van der Waals surface area contributed by atoms with Crippen LogP contribution in [0.3, 0.4) is 0 Å². The van der Waals surface area contributed by atoms with E-state index in [0.29, 0.717) is 0 Å². The molecule has 1 fully saturated rings. The number of hydrogen-bond donors (Lipinski definition) is 0. The van der Waals surface area contributed by atoms with Gasteiger partial charge in [-0.25, -0.2) is 0 Å². The van der Waals surface area contributed by atoms with Crippen molar-refractivity contribution in [2.24, 2.45) is 5.89 Å². The molecular formula is C8H5BrCl6. The molecule has 0 saturated heterocycles. The van der Waals surface area contributed by atoms with Crippen LogP contribution in [0.2, 0.25) is 0 Å². The molecule has 0 radical (unpaired) electrons. The number of hydrogen-bond acceptors (Lipinski definition) is 0. The van der Waals surface area contributed by atoms with E-state index in [1.807, 2.05) is 0 Å². The smallest absolute Gasteiger partial charge is 0.110 e. The van der Waals surface area contributed by atoms with Gasteiger partial charge >= 0.3 is 0 Å². The summed E-state index contributed by atoms with van der Waals surface area (Å²) in [6.07, 6.45) is -2.82. The second kappa shape index (κ2) is 3.73. The molecule has 0 aliphatic heterocycles. The largest absolute Gasteiger partial charge is 0.166 e. The van der Waals surface area contributed by atoms with Gasteiger partial charge in [-0.3, -0.25) is 0 Å². The summed E-state index contributed by atoms with van der Waals surface area (Å²) in [4.78, 5) is -4.73. The van der Waals surface area contributed by atoms with Gasteiger partial charge in [-0.2, -0.15) is 0 Å². The van der Waals surface area contributed by atoms with Crippen LogP contribution in [0.5, 0.6) is 0 Å². The SMILES string of the molecule is [2H]C([2H])(Br)[C@@]1([2H])C([2H])([2H])[C@@]2(Cl)C(Cl)=C(Cl)[C@]1(Cl)C2(Cl)Cl. The molecule has 0 spiro atoms. The molecular weight excluding hydrogens is 389 g/mol. The Morgan fingerprint density at radius 1 is 1.40 bits per heavy atom. The first-order valence-corrected chi connectivity index (χ1v) is 6.63. The molecule has 0 N–H and O–H groups in total. The number of halogens is 7. The van der Waals surface area contributed by atoms with Gasteiger partial charge < -0.3 is 0 Å². The molecule has 0 nitrogen and oxygen atoms in total. The number of rotatable bonds is 1. The standard InChI is InChI=1S/C8H5BrCl6/c9-2-3-1-6(12)4(10)5(11)7(3,13)8(6,14)15/h3H,1-2H2/t3-,6-,7+/m1/s1/i1D2,2D2,3D. The highest BCUT2D eigenvalue weighted by atomic mass is 79.9. The van der Waals surface area contributed by atoms with Gasteiger partial charge in [-0.15, -0.1) is 23.2 Å². The quantitative estimate of drug-likeness (QED) is 0.530. The van der Waals surface area contributed by atoms with Crippen LogP contribution in [0.4, 0.5) is 0 Å². The average molecular weight is 399 g/mol. The fraction of sp³-hybridized carbons (Fsp3) is 0.750. The van der Waals surface area contributed by atoms with Crippen LogP contribution in [0, 0.1) is 5.89 Å². The fourth-order valence-electron chi connectivity index (χ4n) is 1.56. The molecule has 2 bridgehead atoms. The summed E-state index contributed by atoms with van der Waals surface area (Å²) in [5.74, 6) is -2.74. The maximum absolute atomic E-state index is 8.36. The maximum Gasteiger partial charge on any atom is 0.166 e. The molecule has 7 heteroatoms. The maximum atomic E-state index is 8.36. The Labute approximate surface area is 133 Å². The molecule has 2 aliphatic rings. The Morgan fingerprint density at radius 2 is 1.93 bits per heavy atom. The highest BCUT2D eigenvalue weighted by Crippen LogP contribution is 2.74. The van der Waals surface area contributed by atoms with Crippen molar-refractivity contribution in [3.8, 4) is 0 Å². The lowest BCUT2D eigenvalue weighted by molar-refractivity contribution is 0.522. The van der Waals surface area contributed by atoms with Gasteiger partial charge in [0.25, 0.3) is 0 Å². The minimum Gasteiger partial charge on any atom is -0.110 e. The monoisotopic (exact) mass is 395 g/mol. The van der Waals surface area contributed by atoms with Crippen LogP contribution >= 0.6 is 85.5 Å². The van der Waals surface area contributed by atoms with Crippen molar-refractivity contribution in [2.45, 2.75) is 20.5 Å². The second-order valence-electron chi connectivity index (χ2n) is 3.11. The lowest BCUT2D eigenvalue weighted by Crippen LogP contribution is -2.44. The normalized spacial score (nSPS) is 61.9. The molecule has 86 valence electrons. The topological polar surface area (TPSA) is 0 Å². The molecule has 0 heterocycles. The summed E-state index contributed by atoms with van der Waals surface area (Å²) in [6.45, 7) is 0. The van der Waals surface area contributed by atoms with E-state index in [-0.39, 0.29) is 0 Å². The summed E-state index contributed by atoms with van der Waals surface area (Å²) in [5.41, 5.74) is 0. The first kappa shape index (κ1) is 8.19. The summed E-state index contributed by atoms with van der Waals surface area (Å²) >= 11 is 39.3. The molecule has 2 aliphatic carbocycles. The molecule has 2 rings (SSSR count). The average Bonchev–Trinajstić information content (AvgIpc) is 2.43. The Bertz CT molecular complexity index is 532.